The molecular weight excluding hydrogens is 222 g/mol. The molecule has 1 aromatic rings. The van der Waals surface area contributed by atoms with E-state index in [1.165, 1.54) is 37.9 Å². The summed E-state index contributed by atoms with van der Waals surface area (Å²) in [6, 6.07) is 10.5. The van der Waals surface area contributed by atoms with Crippen LogP contribution in [0.5, 0.6) is 0 Å². The van der Waals surface area contributed by atoms with Gasteiger partial charge in [-0.3, -0.25) is 0 Å². The van der Waals surface area contributed by atoms with Gasteiger partial charge in [0, 0.05) is 12.0 Å². The Labute approximate surface area is 111 Å². The average Bonchev–Trinajstić information content (AvgIpc) is 2.46. The molecule has 2 heteroatoms. The maximum atomic E-state index is 9.91. The zero-order chi connectivity index (χ0) is 12.8. The molecule has 1 atom stereocenters. The van der Waals surface area contributed by atoms with Crippen molar-refractivity contribution in [2.24, 2.45) is 0 Å². The van der Waals surface area contributed by atoms with Crippen molar-refractivity contribution in [3.05, 3.63) is 35.9 Å². The molecule has 1 N–H and O–H groups in total. The number of hydrogen-bond acceptors (Lipinski definition) is 2. The minimum atomic E-state index is -0.0345. The second kappa shape index (κ2) is 6.35. The van der Waals surface area contributed by atoms with Gasteiger partial charge in [-0.15, -0.1) is 0 Å². The Kier molecular flexibility index (Phi) is 4.79. The first-order valence-corrected chi connectivity index (χ1v) is 7.19. The molecule has 0 aromatic heterocycles. The number of piperidine rings is 1. The molecule has 0 bridgehead atoms. The maximum Gasteiger partial charge on any atom is 0.0540 e. The van der Waals surface area contributed by atoms with E-state index in [2.05, 4.69) is 36.1 Å². The van der Waals surface area contributed by atoms with E-state index >= 15 is 0 Å². The summed E-state index contributed by atoms with van der Waals surface area (Å²) in [4.78, 5) is 2.52. The van der Waals surface area contributed by atoms with Crippen molar-refractivity contribution in [3.63, 3.8) is 0 Å². The summed E-state index contributed by atoms with van der Waals surface area (Å²) in [5.74, 6) is 0. The van der Waals surface area contributed by atoms with E-state index in [9.17, 15) is 5.11 Å². The predicted molar refractivity (Wildman–Crippen MR) is 75.8 cm³/mol. The number of nitrogens with zero attached hydrogens (tertiary/aromatic N) is 1. The van der Waals surface area contributed by atoms with Crippen LogP contribution >= 0.6 is 0 Å². The van der Waals surface area contributed by atoms with Crippen LogP contribution in [-0.4, -0.2) is 36.2 Å². The van der Waals surface area contributed by atoms with Crippen molar-refractivity contribution in [1.82, 2.24) is 4.90 Å². The lowest BCUT2D eigenvalue weighted by molar-refractivity contribution is 0.0885. The van der Waals surface area contributed by atoms with E-state index in [4.69, 9.17) is 0 Å². The zero-order valence-electron chi connectivity index (χ0n) is 11.4. The van der Waals surface area contributed by atoms with Crippen LogP contribution in [0.3, 0.4) is 0 Å². The third-order valence-corrected chi connectivity index (χ3v) is 4.17. The minimum Gasteiger partial charge on any atom is -0.395 e. The topological polar surface area (TPSA) is 23.5 Å². The van der Waals surface area contributed by atoms with Gasteiger partial charge in [0.1, 0.15) is 0 Å². The Balaban J connectivity index is 2.12. The Bertz CT molecular complexity index is 351. The molecule has 1 aliphatic rings. The number of rotatable bonds is 5. The van der Waals surface area contributed by atoms with Crippen LogP contribution in [0.2, 0.25) is 0 Å². The Morgan fingerprint density at radius 3 is 2.72 bits per heavy atom. The number of aliphatic hydroxyl groups is 1. The summed E-state index contributed by atoms with van der Waals surface area (Å²) in [6.45, 7) is 5.87. The minimum absolute atomic E-state index is 0.0345. The van der Waals surface area contributed by atoms with Gasteiger partial charge in [-0.25, -0.2) is 0 Å². The maximum absolute atomic E-state index is 9.91. The summed E-state index contributed by atoms with van der Waals surface area (Å²) in [6.07, 6.45) is 4.81. The molecule has 1 aromatic carbocycles. The third kappa shape index (κ3) is 2.93. The van der Waals surface area contributed by atoms with E-state index in [1.807, 2.05) is 6.07 Å². The molecule has 1 unspecified atom stereocenters. The van der Waals surface area contributed by atoms with Crippen molar-refractivity contribution >= 4 is 0 Å². The Morgan fingerprint density at radius 1 is 1.28 bits per heavy atom. The Hall–Kier alpha value is -0.860. The highest BCUT2D eigenvalue weighted by atomic mass is 16.3. The van der Waals surface area contributed by atoms with E-state index < -0.39 is 0 Å². The van der Waals surface area contributed by atoms with Gasteiger partial charge in [-0.1, -0.05) is 43.7 Å². The summed E-state index contributed by atoms with van der Waals surface area (Å²) in [7, 11) is 0. The molecule has 2 rings (SSSR count). The molecule has 100 valence electrons. The number of aliphatic hydroxyl groups excluding tert-OH is 1. The SMILES string of the molecule is CCCCN1CCCC(CO)(c2ccccc2)C1. The van der Waals surface area contributed by atoms with Crippen molar-refractivity contribution in [2.75, 3.05) is 26.2 Å². The first-order chi connectivity index (χ1) is 8.80. The Morgan fingerprint density at radius 2 is 2.06 bits per heavy atom. The third-order valence-electron chi connectivity index (χ3n) is 4.17. The second-order valence-corrected chi connectivity index (χ2v) is 5.54. The molecule has 0 radical (unpaired) electrons. The van der Waals surface area contributed by atoms with Gasteiger partial charge >= 0.3 is 0 Å². The van der Waals surface area contributed by atoms with Crippen molar-refractivity contribution in [3.8, 4) is 0 Å². The van der Waals surface area contributed by atoms with Gasteiger partial charge < -0.3 is 10.0 Å². The fraction of sp³-hybridized carbons (Fsp3) is 0.625. The number of benzene rings is 1. The van der Waals surface area contributed by atoms with Gasteiger partial charge in [-0.05, 0) is 37.9 Å². The van der Waals surface area contributed by atoms with Crippen LogP contribution in [0.1, 0.15) is 38.2 Å². The lowest BCUT2D eigenvalue weighted by Gasteiger charge is -2.42. The van der Waals surface area contributed by atoms with E-state index in [0.29, 0.717) is 0 Å². The fourth-order valence-electron chi connectivity index (χ4n) is 3.05. The van der Waals surface area contributed by atoms with Gasteiger partial charge in [0.05, 0.1) is 6.61 Å². The molecular formula is C16H25NO. The molecule has 0 spiro atoms. The fourth-order valence-corrected chi connectivity index (χ4v) is 3.05. The largest absolute Gasteiger partial charge is 0.395 e. The highest BCUT2D eigenvalue weighted by Crippen LogP contribution is 2.33. The van der Waals surface area contributed by atoms with Crippen LogP contribution in [0.15, 0.2) is 30.3 Å². The van der Waals surface area contributed by atoms with Crippen molar-refractivity contribution in [2.45, 2.75) is 38.0 Å². The molecule has 0 aliphatic carbocycles. The molecule has 0 saturated carbocycles. The highest BCUT2D eigenvalue weighted by molar-refractivity contribution is 5.27. The quantitative estimate of drug-likeness (QED) is 0.865. The molecule has 1 saturated heterocycles. The monoisotopic (exact) mass is 247 g/mol. The normalized spacial score (nSPS) is 25.2. The van der Waals surface area contributed by atoms with E-state index in [-0.39, 0.29) is 12.0 Å². The van der Waals surface area contributed by atoms with E-state index in [0.717, 1.165) is 13.0 Å². The van der Waals surface area contributed by atoms with Crippen molar-refractivity contribution < 1.29 is 5.11 Å². The highest BCUT2D eigenvalue weighted by Gasteiger charge is 2.36. The van der Waals surface area contributed by atoms with Gasteiger partial charge in [-0.2, -0.15) is 0 Å². The van der Waals surface area contributed by atoms with Crippen LogP contribution in [-0.2, 0) is 5.41 Å². The van der Waals surface area contributed by atoms with Crippen LogP contribution in [0.4, 0.5) is 0 Å². The van der Waals surface area contributed by atoms with Crippen LogP contribution in [0, 0.1) is 0 Å². The zero-order valence-corrected chi connectivity index (χ0v) is 11.4. The summed E-state index contributed by atoms with van der Waals surface area (Å²) in [5.41, 5.74) is 1.27. The van der Waals surface area contributed by atoms with E-state index in [1.54, 1.807) is 0 Å². The molecule has 1 fully saturated rings. The first-order valence-electron chi connectivity index (χ1n) is 7.19. The molecule has 18 heavy (non-hydrogen) atoms. The van der Waals surface area contributed by atoms with Crippen LogP contribution < -0.4 is 0 Å². The number of hydrogen-bond donors (Lipinski definition) is 1. The first kappa shape index (κ1) is 13.6. The molecule has 2 nitrogen and oxygen atoms in total. The summed E-state index contributed by atoms with van der Waals surface area (Å²) >= 11 is 0. The standard InChI is InChI=1S/C16H25NO/c1-2-3-11-17-12-7-10-16(13-17,14-18)15-8-5-4-6-9-15/h4-6,8-9,18H,2-3,7,10-14H2,1H3. The summed E-state index contributed by atoms with van der Waals surface area (Å²) < 4.78 is 0. The van der Waals surface area contributed by atoms with Gasteiger partial charge in [0.2, 0.25) is 0 Å². The smallest absolute Gasteiger partial charge is 0.0540 e. The van der Waals surface area contributed by atoms with Crippen LogP contribution in [0.25, 0.3) is 0 Å². The van der Waals surface area contributed by atoms with Crippen molar-refractivity contribution in [1.29, 1.82) is 0 Å². The second-order valence-electron chi connectivity index (χ2n) is 5.54. The molecule has 1 aliphatic heterocycles. The number of likely N-dealkylation sites (tertiary alicyclic amines) is 1. The molecule has 1 heterocycles. The summed E-state index contributed by atoms with van der Waals surface area (Å²) in [5, 5.41) is 9.91. The number of unbranched alkanes of at least 4 members (excludes halogenated alkanes) is 1. The molecule has 0 amide bonds. The van der Waals surface area contributed by atoms with Gasteiger partial charge in [0.25, 0.3) is 0 Å². The lowest BCUT2D eigenvalue weighted by Crippen LogP contribution is -2.48. The van der Waals surface area contributed by atoms with Gasteiger partial charge in [0.15, 0.2) is 0 Å². The average molecular weight is 247 g/mol. The lowest BCUT2D eigenvalue weighted by atomic mass is 9.74. The predicted octanol–water partition coefficient (Wildman–Crippen LogP) is 2.81.